The molecule has 0 aromatic carbocycles. The van der Waals surface area contributed by atoms with Gasteiger partial charge < -0.3 is 10.3 Å². The van der Waals surface area contributed by atoms with E-state index in [4.69, 9.17) is 5.73 Å². The number of nitrogens with zero attached hydrogens (tertiary/aromatic N) is 2. The average Bonchev–Trinajstić information content (AvgIpc) is 3.27. The number of carbonyl (C=O) groups is 2. The molecule has 0 fully saturated rings. The van der Waals surface area contributed by atoms with Crippen molar-refractivity contribution < 1.29 is 9.59 Å². The minimum Gasteiger partial charge on any atom is -0.366 e. The van der Waals surface area contributed by atoms with Gasteiger partial charge in [-0.2, -0.15) is 0 Å². The first-order valence-corrected chi connectivity index (χ1v) is 11.2. The van der Waals surface area contributed by atoms with Crippen LogP contribution in [0.25, 0.3) is 0 Å². The van der Waals surface area contributed by atoms with Crippen molar-refractivity contribution in [1.82, 2.24) is 9.55 Å². The summed E-state index contributed by atoms with van der Waals surface area (Å²) in [4.78, 5) is 30.7. The highest BCUT2D eigenvalue weighted by atomic mass is 32.2. The molecule has 0 atom stereocenters. The predicted molar refractivity (Wildman–Crippen MR) is 119 cm³/mol. The van der Waals surface area contributed by atoms with Gasteiger partial charge in [0.2, 0.25) is 0 Å². The molecule has 3 heterocycles. The van der Waals surface area contributed by atoms with Gasteiger partial charge in [-0.05, 0) is 63.3 Å². The minimum atomic E-state index is -0.512. The molecular formula is C22H25N3O2S2. The number of thiophene rings is 1. The summed E-state index contributed by atoms with van der Waals surface area (Å²) in [5, 5.41) is 2.58. The monoisotopic (exact) mass is 427 g/mol. The highest BCUT2D eigenvalue weighted by Gasteiger charge is 2.21. The van der Waals surface area contributed by atoms with Crippen LogP contribution in [0.15, 0.2) is 28.6 Å². The molecule has 29 heavy (non-hydrogen) atoms. The van der Waals surface area contributed by atoms with Gasteiger partial charge in [0.1, 0.15) is 5.03 Å². The molecule has 3 aromatic heterocycles. The minimum absolute atomic E-state index is 0.0219. The van der Waals surface area contributed by atoms with Crippen molar-refractivity contribution in [3.63, 3.8) is 0 Å². The van der Waals surface area contributed by atoms with Crippen LogP contribution >= 0.6 is 23.1 Å². The molecule has 0 saturated heterocycles. The van der Waals surface area contributed by atoms with Crippen molar-refractivity contribution in [3.05, 3.63) is 67.8 Å². The molecular weight excluding hydrogens is 402 g/mol. The van der Waals surface area contributed by atoms with Gasteiger partial charge in [0.25, 0.3) is 5.91 Å². The number of pyridine rings is 1. The Morgan fingerprint density at radius 2 is 1.90 bits per heavy atom. The fraction of sp³-hybridized carbons (Fsp3) is 0.318. The molecule has 2 N–H and O–H groups in total. The number of aromatic nitrogens is 2. The van der Waals surface area contributed by atoms with Crippen molar-refractivity contribution >= 4 is 34.8 Å². The smallest absolute Gasteiger partial charge is 0.251 e. The van der Waals surface area contributed by atoms with Gasteiger partial charge in [-0.15, -0.1) is 11.3 Å². The number of primary amides is 1. The first-order valence-electron chi connectivity index (χ1n) is 9.33. The fourth-order valence-electron chi connectivity index (χ4n) is 3.40. The summed E-state index contributed by atoms with van der Waals surface area (Å²) in [6.07, 6.45) is 0. The molecule has 0 saturated carbocycles. The first-order chi connectivity index (χ1) is 13.7. The lowest BCUT2D eigenvalue weighted by atomic mass is 10.0. The number of aryl methyl sites for hydroxylation is 2. The lowest BCUT2D eigenvalue weighted by molar-refractivity contribution is 0.0991. The van der Waals surface area contributed by atoms with E-state index in [1.54, 1.807) is 11.3 Å². The van der Waals surface area contributed by atoms with Crippen LogP contribution in [0, 0.1) is 34.6 Å². The number of ketones is 1. The van der Waals surface area contributed by atoms with Crippen molar-refractivity contribution in [2.75, 3.05) is 5.75 Å². The fourth-order valence-corrected chi connectivity index (χ4v) is 5.12. The second-order valence-corrected chi connectivity index (χ2v) is 9.15. The third-order valence-electron chi connectivity index (χ3n) is 5.32. The summed E-state index contributed by atoms with van der Waals surface area (Å²) in [6, 6.07) is 6.08. The van der Waals surface area contributed by atoms with Crippen LogP contribution in [0.4, 0.5) is 0 Å². The number of nitrogens with two attached hydrogens (primary N) is 1. The second kappa shape index (κ2) is 8.55. The molecule has 7 heteroatoms. The van der Waals surface area contributed by atoms with Crippen molar-refractivity contribution in [1.29, 1.82) is 0 Å². The number of amides is 1. The van der Waals surface area contributed by atoms with E-state index >= 15 is 0 Å². The summed E-state index contributed by atoms with van der Waals surface area (Å²) in [5.74, 6) is -0.283. The van der Waals surface area contributed by atoms with Crippen LogP contribution in [-0.4, -0.2) is 27.0 Å². The highest BCUT2D eigenvalue weighted by molar-refractivity contribution is 8.00. The third kappa shape index (κ3) is 4.31. The molecule has 1 amide bonds. The van der Waals surface area contributed by atoms with Crippen LogP contribution in [0.3, 0.4) is 0 Å². The largest absolute Gasteiger partial charge is 0.366 e. The van der Waals surface area contributed by atoms with E-state index in [9.17, 15) is 9.59 Å². The molecule has 0 spiro atoms. The predicted octanol–water partition coefficient (Wildman–Crippen LogP) is 4.61. The number of hydrogen-bond donors (Lipinski definition) is 1. The number of rotatable bonds is 7. The number of carbonyl (C=O) groups excluding carboxylic acids is 2. The van der Waals surface area contributed by atoms with E-state index in [1.165, 1.54) is 16.6 Å². The summed E-state index contributed by atoms with van der Waals surface area (Å²) >= 11 is 2.98. The Kier molecular flexibility index (Phi) is 6.29. The van der Waals surface area contributed by atoms with Crippen LogP contribution in [0.1, 0.15) is 53.8 Å². The Morgan fingerprint density at radius 1 is 1.17 bits per heavy atom. The van der Waals surface area contributed by atoms with Gasteiger partial charge in [-0.3, -0.25) is 9.59 Å². The number of thioether (sulfide) groups is 1. The Bertz CT molecular complexity index is 1080. The maximum atomic E-state index is 12.9. The maximum Gasteiger partial charge on any atom is 0.251 e. The van der Waals surface area contributed by atoms with E-state index in [0.717, 1.165) is 34.8 Å². The van der Waals surface area contributed by atoms with Crippen LogP contribution in [0.5, 0.6) is 0 Å². The zero-order chi connectivity index (χ0) is 21.3. The van der Waals surface area contributed by atoms with Gasteiger partial charge in [0.15, 0.2) is 5.78 Å². The van der Waals surface area contributed by atoms with Gasteiger partial charge in [0.05, 0.1) is 17.9 Å². The van der Waals surface area contributed by atoms with Crippen LogP contribution < -0.4 is 5.73 Å². The lowest BCUT2D eigenvalue weighted by Crippen LogP contribution is -2.17. The van der Waals surface area contributed by atoms with E-state index < -0.39 is 5.91 Å². The standard InChI is InChI=1S/C22H25N3O2S2/c1-12-9-18(16(5)25(12)10-17-7-6-8-28-17)19(26)11-29-22-20(21(23)27)14(3)13(2)15(4)24-22/h6-9H,10-11H2,1-5H3,(H2,23,27). The normalized spacial score (nSPS) is 11.1. The van der Waals surface area contributed by atoms with Crippen molar-refractivity contribution in [3.8, 4) is 0 Å². The summed E-state index contributed by atoms with van der Waals surface area (Å²) in [6.45, 7) is 10.5. The lowest BCUT2D eigenvalue weighted by Gasteiger charge is -2.13. The van der Waals surface area contributed by atoms with E-state index in [-0.39, 0.29) is 11.5 Å². The highest BCUT2D eigenvalue weighted by Crippen LogP contribution is 2.28. The molecule has 0 bridgehead atoms. The third-order valence-corrected chi connectivity index (χ3v) is 7.15. The van der Waals surface area contributed by atoms with Gasteiger partial charge >= 0.3 is 0 Å². The quantitative estimate of drug-likeness (QED) is 0.441. The Morgan fingerprint density at radius 3 is 2.52 bits per heavy atom. The zero-order valence-corrected chi connectivity index (χ0v) is 19.0. The molecule has 0 aliphatic rings. The number of hydrogen-bond acceptors (Lipinski definition) is 5. The maximum absolute atomic E-state index is 12.9. The van der Waals surface area contributed by atoms with Crippen molar-refractivity contribution in [2.45, 2.75) is 46.2 Å². The van der Waals surface area contributed by atoms with Crippen LogP contribution in [0.2, 0.25) is 0 Å². The summed E-state index contributed by atoms with van der Waals surface area (Å²) < 4.78 is 2.16. The first kappa shape index (κ1) is 21.3. The average molecular weight is 428 g/mol. The molecule has 0 radical (unpaired) electrons. The Balaban J connectivity index is 1.83. The number of Topliss-reactive ketones (excluding diaryl/α,β-unsaturated/α-hetero) is 1. The second-order valence-electron chi connectivity index (χ2n) is 7.15. The molecule has 152 valence electrons. The molecule has 0 aliphatic heterocycles. The molecule has 0 aliphatic carbocycles. The summed E-state index contributed by atoms with van der Waals surface area (Å²) in [7, 11) is 0. The SMILES string of the molecule is Cc1nc(SCC(=O)c2cc(C)n(Cc3cccs3)c2C)c(C(N)=O)c(C)c1C. The van der Waals surface area contributed by atoms with Crippen LogP contribution in [-0.2, 0) is 6.54 Å². The van der Waals surface area contributed by atoms with E-state index in [2.05, 4.69) is 21.0 Å². The zero-order valence-electron chi connectivity index (χ0n) is 17.3. The van der Waals surface area contributed by atoms with E-state index in [0.29, 0.717) is 16.2 Å². The van der Waals surface area contributed by atoms with Gasteiger partial charge in [-0.25, -0.2) is 4.98 Å². The van der Waals surface area contributed by atoms with Gasteiger partial charge in [0, 0.05) is 27.5 Å². The molecule has 5 nitrogen and oxygen atoms in total. The molecule has 3 rings (SSSR count). The van der Waals surface area contributed by atoms with Crippen molar-refractivity contribution in [2.24, 2.45) is 5.73 Å². The topological polar surface area (TPSA) is 78.0 Å². The molecule has 0 unspecified atom stereocenters. The Labute approximate surface area is 179 Å². The van der Waals surface area contributed by atoms with E-state index in [1.807, 2.05) is 46.8 Å². The summed E-state index contributed by atoms with van der Waals surface area (Å²) in [5.41, 5.74) is 11.3. The van der Waals surface area contributed by atoms with Gasteiger partial charge in [-0.1, -0.05) is 17.8 Å². The Hall–Kier alpha value is -2.38. The molecule has 3 aromatic rings.